The number of aromatic nitrogens is 3. The molecule has 10 heteroatoms. The van der Waals surface area contributed by atoms with E-state index in [1.165, 1.54) is 24.3 Å². The van der Waals surface area contributed by atoms with Gasteiger partial charge in [-0.25, -0.2) is 18.0 Å². The first-order valence-electron chi connectivity index (χ1n) is 7.97. The summed E-state index contributed by atoms with van der Waals surface area (Å²) in [5.41, 5.74) is 5.74. The summed E-state index contributed by atoms with van der Waals surface area (Å²) in [5, 5.41) is 3.96. The van der Waals surface area contributed by atoms with Gasteiger partial charge in [0.2, 0.25) is 5.91 Å². The van der Waals surface area contributed by atoms with Gasteiger partial charge in [-0.3, -0.25) is 4.79 Å². The standard InChI is InChI=1S/C18H11F3N4O3/c19-9-3-1-8(2-4-9)15-14(11-5-10(20)6-12(21)16(11)23-15)17-24-25(7-13(22)26)18(27)28-17/h1-6,23H,7H2,(H2,22,26). The quantitative estimate of drug-likeness (QED) is 0.560. The van der Waals surface area contributed by atoms with Crippen molar-refractivity contribution in [2.24, 2.45) is 5.73 Å². The van der Waals surface area contributed by atoms with E-state index in [1.54, 1.807) is 0 Å². The number of nitrogens with two attached hydrogens (primary N) is 1. The zero-order chi connectivity index (χ0) is 20.0. The van der Waals surface area contributed by atoms with Gasteiger partial charge in [-0.2, -0.15) is 4.68 Å². The Morgan fingerprint density at radius 2 is 1.86 bits per heavy atom. The number of rotatable bonds is 4. The summed E-state index contributed by atoms with van der Waals surface area (Å²) in [4.78, 5) is 25.8. The molecule has 142 valence electrons. The van der Waals surface area contributed by atoms with E-state index >= 15 is 0 Å². The topological polar surface area (TPSA) is 107 Å². The second-order valence-corrected chi connectivity index (χ2v) is 5.99. The largest absolute Gasteiger partial charge is 0.437 e. The number of H-pyrrole nitrogens is 1. The zero-order valence-electron chi connectivity index (χ0n) is 14.0. The molecule has 0 fully saturated rings. The van der Waals surface area contributed by atoms with Crippen molar-refractivity contribution in [1.29, 1.82) is 0 Å². The third-order valence-electron chi connectivity index (χ3n) is 4.08. The molecule has 0 saturated carbocycles. The van der Waals surface area contributed by atoms with Crippen LogP contribution in [-0.2, 0) is 11.3 Å². The second-order valence-electron chi connectivity index (χ2n) is 5.99. The van der Waals surface area contributed by atoms with Crippen LogP contribution >= 0.6 is 0 Å². The molecular formula is C18H11F3N4O3. The summed E-state index contributed by atoms with van der Waals surface area (Å²) in [6.45, 7) is -0.528. The van der Waals surface area contributed by atoms with Crippen LogP contribution in [0, 0.1) is 17.5 Å². The minimum atomic E-state index is -0.968. The summed E-state index contributed by atoms with van der Waals surface area (Å²) in [7, 11) is 0. The van der Waals surface area contributed by atoms with Gasteiger partial charge in [0.25, 0.3) is 5.89 Å². The molecule has 2 aromatic heterocycles. The number of hydrogen-bond acceptors (Lipinski definition) is 4. The number of nitrogens with zero attached hydrogens (tertiary/aromatic N) is 2. The van der Waals surface area contributed by atoms with Crippen LogP contribution in [0.2, 0.25) is 0 Å². The molecule has 0 atom stereocenters. The highest BCUT2D eigenvalue weighted by Crippen LogP contribution is 2.38. The highest BCUT2D eigenvalue weighted by molar-refractivity contribution is 6.02. The number of nitrogens with one attached hydrogen (secondary N) is 1. The van der Waals surface area contributed by atoms with Gasteiger partial charge in [-0.1, -0.05) is 0 Å². The molecule has 4 aromatic rings. The maximum atomic E-state index is 14.3. The van der Waals surface area contributed by atoms with Gasteiger partial charge in [-0.05, 0) is 35.9 Å². The smallest absolute Gasteiger partial charge is 0.387 e. The SMILES string of the molecule is NC(=O)Cn1nc(-c2c(-c3ccc(F)cc3)[nH]c3c(F)cc(F)cc23)oc1=O. The Hall–Kier alpha value is -3.82. The molecule has 28 heavy (non-hydrogen) atoms. The fourth-order valence-electron chi connectivity index (χ4n) is 2.93. The first-order valence-corrected chi connectivity index (χ1v) is 7.97. The van der Waals surface area contributed by atoms with E-state index in [1.807, 2.05) is 0 Å². The van der Waals surface area contributed by atoms with Crippen molar-refractivity contribution in [2.45, 2.75) is 6.54 Å². The summed E-state index contributed by atoms with van der Waals surface area (Å²) >= 11 is 0. The molecule has 4 rings (SSSR count). The number of carbonyl (C=O) groups excluding carboxylic acids is 1. The number of primary amides is 1. The Kier molecular flexibility index (Phi) is 4.03. The second kappa shape index (κ2) is 6.41. The molecule has 0 radical (unpaired) electrons. The monoisotopic (exact) mass is 388 g/mol. The molecule has 0 spiro atoms. The number of fused-ring (bicyclic) bond motifs is 1. The molecule has 2 heterocycles. The van der Waals surface area contributed by atoms with Crippen molar-refractivity contribution < 1.29 is 22.4 Å². The van der Waals surface area contributed by atoms with Crippen molar-refractivity contribution in [2.75, 3.05) is 0 Å². The van der Waals surface area contributed by atoms with Crippen LogP contribution in [0.3, 0.4) is 0 Å². The molecule has 0 aliphatic rings. The molecule has 7 nitrogen and oxygen atoms in total. The van der Waals surface area contributed by atoms with Gasteiger partial charge in [0, 0.05) is 11.5 Å². The van der Waals surface area contributed by atoms with E-state index in [0.29, 0.717) is 16.3 Å². The minimum Gasteiger partial charge on any atom is -0.387 e. The molecule has 0 saturated heterocycles. The number of halogens is 3. The number of benzene rings is 2. The van der Waals surface area contributed by atoms with Crippen LogP contribution in [0.4, 0.5) is 13.2 Å². The predicted molar refractivity (Wildman–Crippen MR) is 92.6 cm³/mol. The lowest BCUT2D eigenvalue weighted by Crippen LogP contribution is -2.26. The highest BCUT2D eigenvalue weighted by Gasteiger charge is 2.23. The van der Waals surface area contributed by atoms with Gasteiger partial charge < -0.3 is 15.1 Å². The average Bonchev–Trinajstić information content (AvgIpc) is 3.16. The van der Waals surface area contributed by atoms with Gasteiger partial charge in [0.15, 0.2) is 0 Å². The zero-order valence-corrected chi connectivity index (χ0v) is 14.0. The minimum absolute atomic E-state index is 0.0529. The first kappa shape index (κ1) is 17.6. The Morgan fingerprint density at radius 3 is 2.54 bits per heavy atom. The highest BCUT2D eigenvalue weighted by atomic mass is 19.1. The van der Waals surface area contributed by atoms with E-state index in [-0.39, 0.29) is 28.1 Å². The molecule has 0 aliphatic heterocycles. The lowest BCUT2D eigenvalue weighted by atomic mass is 10.0. The molecule has 0 aliphatic carbocycles. The summed E-state index contributed by atoms with van der Waals surface area (Å²) in [6, 6.07) is 6.93. The number of carbonyl (C=O) groups is 1. The lowest BCUT2D eigenvalue weighted by molar-refractivity contribution is -0.118. The molecule has 0 bridgehead atoms. The Balaban J connectivity index is 2.03. The lowest BCUT2D eigenvalue weighted by Gasteiger charge is -2.01. The van der Waals surface area contributed by atoms with Crippen molar-refractivity contribution in [3.05, 3.63) is 64.4 Å². The number of hydrogen-bond donors (Lipinski definition) is 2. The maximum absolute atomic E-state index is 14.3. The molecular weight excluding hydrogens is 377 g/mol. The van der Waals surface area contributed by atoms with Gasteiger partial charge in [0.1, 0.15) is 24.0 Å². The van der Waals surface area contributed by atoms with E-state index in [2.05, 4.69) is 10.1 Å². The van der Waals surface area contributed by atoms with Gasteiger partial charge >= 0.3 is 5.76 Å². The van der Waals surface area contributed by atoms with Crippen molar-refractivity contribution >= 4 is 16.8 Å². The Bertz CT molecular complexity index is 1270. The van der Waals surface area contributed by atoms with Gasteiger partial charge in [0.05, 0.1) is 16.8 Å². The van der Waals surface area contributed by atoms with E-state index in [9.17, 15) is 22.8 Å². The fourth-order valence-corrected chi connectivity index (χ4v) is 2.93. The number of aromatic amines is 1. The van der Waals surface area contributed by atoms with Crippen molar-refractivity contribution in [3.63, 3.8) is 0 Å². The van der Waals surface area contributed by atoms with E-state index < -0.39 is 35.7 Å². The molecule has 3 N–H and O–H groups in total. The third-order valence-corrected chi connectivity index (χ3v) is 4.08. The van der Waals surface area contributed by atoms with Crippen LogP contribution < -0.4 is 11.5 Å². The van der Waals surface area contributed by atoms with Crippen molar-refractivity contribution in [3.8, 4) is 22.7 Å². The van der Waals surface area contributed by atoms with Crippen LogP contribution in [-0.4, -0.2) is 20.7 Å². The van der Waals surface area contributed by atoms with Crippen molar-refractivity contribution in [1.82, 2.24) is 14.8 Å². The third kappa shape index (κ3) is 2.94. The Morgan fingerprint density at radius 1 is 1.14 bits per heavy atom. The van der Waals surface area contributed by atoms with Gasteiger partial charge in [-0.15, -0.1) is 5.10 Å². The first-order chi connectivity index (χ1) is 13.3. The molecule has 1 amide bonds. The molecule has 0 unspecified atom stereocenters. The average molecular weight is 388 g/mol. The van der Waals surface area contributed by atoms with Crippen LogP contribution in [0.25, 0.3) is 33.6 Å². The number of amides is 1. The van der Waals surface area contributed by atoms with E-state index in [0.717, 1.165) is 6.07 Å². The Labute approximate surface area is 154 Å². The summed E-state index contributed by atoms with van der Waals surface area (Å²) in [5.74, 6) is -4.28. The predicted octanol–water partition coefficient (Wildman–Crippen LogP) is 2.55. The van der Waals surface area contributed by atoms with Crippen LogP contribution in [0.15, 0.2) is 45.6 Å². The maximum Gasteiger partial charge on any atom is 0.437 e. The normalized spacial score (nSPS) is 11.2. The van der Waals surface area contributed by atoms with E-state index in [4.69, 9.17) is 10.2 Å². The van der Waals surface area contributed by atoms with Crippen LogP contribution in [0.1, 0.15) is 0 Å². The van der Waals surface area contributed by atoms with Crippen LogP contribution in [0.5, 0.6) is 0 Å². The summed E-state index contributed by atoms with van der Waals surface area (Å²) < 4.78 is 47.2. The fraction of sp³-hybridized carbons (Fsp3) is 0.0556. The summed E-state index contributed by atoms with van der Waals surface area (Å²) in [6.07, 6.45) is 0. The molecule has 2 aromatic carbocycles.